The van der Waals surface area contributed by atoms with Crippen molar-refractivity contribution in [2.24, 2.45) is 5.92 Å². The zero-order chi connectivity index (χ0) is 13.2. The van der Waals surface area contributed by atoms with Crippen molar-refractivity contribution in [2.75, 3.05) is 26.2 Å². The van der Waals surface area contributed by atoms with Gasteiger partial charge in [0.25, 0.3) is 0 Å². The molecule has 0 unspecified atom stereocenters. The molecule has 0 atom stereocenters. The van der Waals surface area contributed by atoms with Crippen molar-refractivity contribution in [2.45, 2.75) is 71.8 Å². The largest absolute Gasteiger partial charge is 0.317 e. The Morgan fingerprint density at radius 1 is 1.11 bits per heavy atom. The number of nitrogens with one attached hydrogen (secondary N) is 1. The third-order valence-electron chi connectivity index (χ3n) is 3.92. The fourth-order valence-corrected chi connectivity index (χ4v) is 3.03. The predicted octanol–water partition coefficient (Wildman–Crippen LogP) is 3.67. The van der Waals surface area contributed by atoms with Crippen LogP contribution in [0.15, 0.2) is 0 Å². The average Bonchev–Trinajstić information content (AvgIpc) is 2.85. The van der Waals surface area contributed by atoms with Crippen LogP contribution in [0.5, 0.6) is 0 Å². The van der Waals surface area contributed by atoms with Crippen LogP contribution in [-0.4, -0.2) is 37.1 Å². The molecule has 1 saturated carbocycles. The van der Waals surface area contributed by atoms with Gasteiger partial charge in [0.1, 0.15) is 0 Å². The summed E-state index contributed by atoms with van der Waals surface area (Å²) < 4.78 is 0. The van der Waals surface area contributed by atoms with Crippen molar-refractivity contribution in [3.63, 3.8) is 0 Å². The minimum atomic E-state index is 0.809. The maximum absolute atomic E-state index is 3.50. The highest BCUT2D eigenvalue weighted by atomic mass is 15.2. The molecule has 0 radical (unpaired) electrons. The molecular weight excluding hydrogens is 220 g/mol. The summed E-state index contributed by atoms with van der Waals surface area (Å²) >= 11 is 0. The summed E-state index contributed by atoms with van der Waals surface area (Å²) in [5, 5.41) is 3.50. The molecule has 0 aromatic heterocycles. The Kier molecular flexibility index (Phi) is 8.70. The number of nitrogens with zero attached hydrogens (tertiary/aromatic N) is 1. The van der Waals surface area contributed by atoms with E-state index in [0.717, 1.165) is 12.0 Å². The number of hydrogen-bond acceptors (Lipinski definition) is 2. The molecule has 2 nitrogen and oxygen atoms in total. The van der Waals surface area contributed by atoms with E-state index in [1.165, 1.54) is 71.1 Å². The van der Waals surface area contributed by atoms with Crippen molar-refractivity contribution in [1.82, 2.24) is 10.2 Å². The van der Waals surface area contributed by atoms with Crippen LogP contribution in [0.2, 0.25) is 0 Å². The molecule has 1 aliphatic carbocycles. The second-order valence-corrected chi connectivity index (χ2v) is 6.28. The van der Waals surface area contributed by atoms with Gasteiger partial charge in [0, 0.05) is 12.6 Å². The Balaban J connectivity index is 2.15. The van der Waals surface area contributed by atoms with Gasteiger partial charge in [-0.05, 0) is 57.7 Å². The minimum Gasteiger partial charge on any atom is -0.317 e. The molecule has 0 saturated heterocycles. The van der Waals surface area contributed by atoms with Crippen molar-refractivity contribution in [1.29, 1.82) is 0 Å². The standard InChI is InChI=1S/C16H34N2/c1-4-11-17-12-7-8-13-18(14-15(2)3)16-9-5-6-10-16/h15-17H,4-14H2,1-3H3. The first kappa shape index (κ1) is 16.0. The minimum absolute atomic E-state index is 0.809. The van der Waals surface area contributed by atoms with Gasteiger partial charge in [0.05, 0.1) is 0 Å². The van der Waals surface area contributed by atoms with E-state index in [1.807, 2.05) is 0 Å². The van der Waals surface area contributed by atoms with Gasteiger partial charge in [-0.25, -0.2) is 0 Å². The van der Waals surface area contributed by atoms with E-state index in [4.69, 9.17) is 0 Å². The highest BCUT2D eigenvalue weighted by molar-refractivity contribution is 4.78. The van der Waals surface area contributed by atoms with E-state index in [-0.39, 0.29) is 0 Å². The first-order valence-corrected chi connectivity index (χ1v) is 8.18. The summed E-state index contributed by atoms with van der Waals surface area (Å²) in [7, 11) is 0. The number of unbranched alkanes of at least 4 members (excludes halogenated alkanes) is 1. The zero-order valence-electron chi connectivity index (χ0n) is 12.9. The lowest BCUT2D eigenvalue weighted by molar-refractivity contribution is 0.174. The number of hydrogen-bond donors (Lipinski definition) is 1. The van der Waals surface area contributed by atoms with E-state index >= 15 is 0 Å². The molecule has 0 spiro atoms. The second kappa shape index (κ2) is 9.80. The van der Waals surface area contributed by atoms with Crippen LogP contribution < -0.4 is 5.32 Å². The Labute approximate surface area is 115 Å². The fourth-order valence-electron chi connectivity index (χ4n) is 3.03. The molecule has 0 amide bonds. The van der Waals surface area contributed by atoms with Crippen molar-refractivity contribution in [3.05, 3.63) is 0 Å². The predicted molar refractivity (Wildman–Crippen MR) is 81.1 cm³/mol. The molecule has 18 heavy (non-hydrogen) atoms. The Hall–Kier alpha value is -0.0800. The Morgan fingerprint density at radius 3 is 2.44 bits per heavy atom. The maximum Gasteiger partial charge on any atom is 0.00953 e. The highest BCUT2D eigenvalue weighted by Gasteiger charge is 2.22. The van der Waals surface area contributed by atoms with Crippen LogP contribution in [0, 0.1) is 5.92 Å². The Bertz CT molecular complexity index is 186. The molecule has 1 aliphatic rings. The van der Waals surface area contributed by atoms with E-state index < -0.39 is 0 Å². The second-order valence-electron chi connectivity index (χ2n) is 6.28. The summed E-state index contributed by atoms with van der Waals surface area (Å²) in [4.78, 5) is 2.78. The van der Waals surface area contributed by atoms with Crippen LogP contribution in [0.1, 0.15) is 65.7 Å². The van der Waals surface area contributed by atoms with E-state index in [9.17, 15) is 0 Å². The summed E-state index contributed by atoms with van der Waals surface area (Å²) in [6.45, 7) is 11.9. The van der Waals surface area contributed by atoms with Crippen molar-refractivity contribution >= 4 is 0 Å². The van der Waals surface area contributed by atoms with E-state index in [0.29, 0.717) is 0 Å². The van der Waals surface area contributed by atoms with Gasteiger partial charge in [-0.3, -0.25) is 0 Å². The van der Waals surface area contributed by atoms with Crippen LogP contribution in [0.3, 0.4) is 0 Å². The molecule has 108 valence electrons. The van der Waals surface area contributed by atoms with Crippen LogP contribution in [0.25, 0.3) is 0 Å². The third-order valence-corrected chi connectivity index (χ3v) is 3.92. The lowest BCUT2D eigenvalue weighted by Crippen LogP contribution is -2.37. The van der Waals surface area contributed by atoms with Gasteiger partial charge in [0.2, 0.25) is 0 Å². The molecule has 1 fully saturated rings. The summed E-state index contributed by atoms with van der Waals surface area (Å²) in [6.07, 6.45) is 9.75. The Morgan fingerprint density at radius 2 is 1.83 bits per heavy atom. The molecule has 0 bridgehead atoms. The van der Waals surface area contributed by atoms with Crippen molar-refractivity contribution in [3.8, 4) is 0 Å². The van der Waals surface area contributed by atoms with Crippen LogP contribution in [-0.2, 0) is 0 Å². The van der Waals surface area contributed by atoms with Gasteiger partial charge in [-0.2, -0.15) is 0 Å². The molecule has 2 heteroatoms. The third kappa shape index (κ3) is 6.75. The molecule has 1 rings (SSSR count). The highest BCUT2D eigenvalue weighted by Crippen LogP contribution is 2.24. The normalized spacial score (nSPS) is 17.2. The van der Waals surface area contributed by atoms with Gasteiger partial charge >= 0.3 is 0 Å². The monoisotopic (exact) mass is 254 g/mol. The van der Waals surface area contributed by atoms with E-state index in [2.05, 4.69) is 31.0 Å². The summed E-state index contributed by atoms with van der Waals surface area (Å²) in [5.41, 5.74) is 0. The first-order valence-electron chi connectivity index (χ1n) is 8.18. The molecule has 0 aromatic carbocycles. The molecular formula is C16H34N2. The lowest BCUT2D eigenvalue weighted by atomic mass is 10.1. The van der Waals surface area contributed by atoms with Crippen molar-refractivity contribution < 1.29 is 0 Å². The molecule has 0 aromatic rings. The quantitative estimate of drug-likeness (QED) is 0.598. The number of rotatable bonds is 10. The lowest BCUT2D eigenvalue weighted by Gasteiger charge is -2.30. The smallest absolute Gasteiger partial charge is 0.00953 e. The summed E-state index contributed by atoms with van der Waals surface area (Å²) in [5.74, 6) is 0.809. The average molecular weight is 254 g/mol. The van der Waals surface area contributed by atoms with Crippen LogP contribution in [0.4, 0.5) is 0 Å². The topological polar surface area (TPSA) is 15.3 Å². The fraction of sp³-hybridized carbons (Fsp3) is 1.00. The van der Waals surface area contributed by atoms with Gasteiger partial charge in [-0.1, -0.05) is 33.6 Å². The van der Waals surface area contributed by atoms with Gasteiger partial charge in [-0.15, -0.1) is 0 Å². The maximum atomic E-state index is 3.50. The molecule has 1 N–H and O–H groups in total. The molecule has 0 aliphatic heterocycles. The summed E-state index contributed by atoms with van der Waals surface area (Å²) in [6, 6.07) is 0.899. The SMILES string of the molecule is CCCNCCCCN(CC(C)C)C1CCCC1. The first-order chi connectivity index (χ1) is 8.74. The van der Waals surface area contributed by atoms with Crippen LogP contribution >= 0.6 is 0 Å². The van der Waals surface area contributed by atoms with Gasteiger partial charge in [0.15, 0.2) is 0 Å². The van der Waals surface area contributed by atoms with Gasteiger partial charge < -0.3 is 10.2 Å². The molecule has 0 heterocycles. The van der Waals surface area contributed by atoms with E-state index in [1.54, 1.807) is 0 Å². The zero-order valence-corrected chi connectivity index (χ0v) is 12.9.